The third-order valence-electron chi connectivity index (χ3n) is 7.65. The van der Waals surface area contributed by atoms with Gasteiger partial charge in [-0.25, -0.2) is 9.79 Å². The van der Waals surface area contributed by atoms with Crippen LogP contribution in [0, 0.1) is 17.2 Å². The van der Waals surface area contributed by atoms with Gasteiger partial charge in [-0.2, -0.15) is 5.26 Å². The third-order valence-corrected chi connectivity index (χ3v) is 7.65. The van der Waals surface area contributed by atoms with Gasteiger partial charge in [0.25, 0.3) is 0 Å². The van der Waals surface area contributed by atoms with Gasteiger partial charge in [0.15, 0.2) is 0 Å². The Morgan fingerprint density at radius 3 is 2.44 bits per heavy atom. The Bertz CT molecular complexity index is 958. The molecule has 2 rings (SSSR count). The van der Waals surface area contributed by atoms with Crippen molar-refractivity contribution >= 4 is 18.0 Å². The number of morpholine rings is 1. The molecule has 2 saturated heterocycles. The van der Waals surface area contributed by atoms with Crippen molar-refractivity contribution < 1.29 is 19.1 Å². The molecule has 2 aliphatic rings. The zero-order valence-electron chi connectivity index (χ0n) is 25.3. The summed E-state index contributed by atoms with van der Waals surface area (Å²) < 4.78 is 10.6. The lowest BCUT2D eigenvalue weighted by Gasteiger charge is -2.38. The topological polar surface area (TPSA) is 119 Å². The zero-order valence-corrected chi connectivity index (χ0v) is 25.3. The Hall–Kier alpha value is -3.16. The van der Waals surface area contributed by atoms with Crippen molar-refractivity contribution in [2.75, 3.05) is 52.5 Å². The molecule has 2 heterocycles. The minimum absolute atomic E-state index is 0.223. The van der Waals surface area contributed by atoms with Gasteiger partial charge in [0.05, 0.1) is 25.9 Å². The lowest BCUT2D eigenvalue weighted by molar-refractivity contribution is -0.124. The highest BCUT2D eigenvalue weighted by Crippen LogP contribution is 2.24. The lowest BCUT2D eigenvalue weighted by Crippen LogP contribution is -2.57. The first-order chi connectivity index (χ1) is 19.8. The van der Waals surface area contributed by atoms with E-state index in [-0.39, 0.29) is 12.5 Å². The average Bonchev–Trinajstić information content (AvgIpc) is 2.98. The number of nitriles is 1. The fourth-order valence-corrected chi connectivity index (χ4v) is 5.04. The van der Waals surface area contributed by atoms with Crippen molar-refractivity contribution in [2.24, 2.45) is 10.9 Å². The molecule has 0 radical (unpaired) electrons. The molecule has 2 unspecified atom stereocenters. The fourth-order valence-electron chi connectivity index (χ4n) is 5.04. The summed E-state index contributed by atoms with van der Waals surface area (Å²) in [6.45, 7) is 18.1. The molecule has 2 aliphatic heterocycles. The first-order valence-electron chi connectivity index (χ1n) is 15.0. The summed E-state index contributed by atoms with van der Waals surface area (Å²) in [5.74, 6) is 0.443. The van der Waals surface area contributed by atoms with Crippen LogP contribution in [0.4, 0.5) is 4.79 Å². The fraction of sp³-hybridized carbons (Fsp3) is 0.677. The molecule has 10 heteroatoms. The van der Waals surface area contributed by atoms with E-state index >= 15 is 0 Å². The number of rotatable bonds is 14. The molecule has 2 amide bonds. The lowest BCUT2D eigenvalue weighted by atomic mass is 9.88. The zero-order chi connectivity index (χ0) is 30.1. The summed E-state index contributed by atoms with van der Waals surface area (Å²) >= 11 is 0. The van der Waals surface area contributed by atoms with Crippen molar-refractivity contribution in [3.63, 3.8) is 0 Å². The van der Waals surface area contributed by atoms with Gasteiger partial charge >= 0.3 is 6.09 Å². The third kappa shape index (κ3) is 11.7. The van der Waals surface area contributed by atoms with Crippen LogP contribution in [0.1, 0.15) is 65.7 Å². The van der Waals surface area contributed by atoms with Crippen molar-refractivity contribution in [1.82, 2.24) is 20.4 Å². The summed E-state index contributed by atoms with van der Waals surface area (Å²) in [5, 5.41) is 16.0. The SMILES string of the molecule is C=C/C=C(\C=C)CN1CCC(C#N)(NC(=O)C(CCC(C)CCCC)N=C(NC(=O)OCC)N2CCOCC2)CC1. The smallest absolute Gasteiger partial charge is 0.413 e. The number of hydrogen-bond acceptors (Lipinski definition) is 7. The minimum atomic E-state index is -0.973. The van der Waals surface area contributed by atoms with Crippen LogP contribution in [0.25, 0.3) is 0 Å². The van der Waals surface area contributed by atoms with Crippen LogP contribution in [-0.4, -0.2) is 91.9 Å². The van der Waals surface area contributed by atoms with E-state index in [9.17, 15) is 14.9 Å². The van der Waals surface area contributed by atoms with Crippen LogP contribution in [-0.2, 0) is 14.3 Å². The van der Waals surface area contributed by atoms with Crippen LogP contribution in [0.2, 0.25) is 0 Å². The monoisotopic (exact) mass is 570 g/mol. The van der Waals surface area contributed by atoms with Crippen LogP contribution in [0.15, 0.2) is 42.0 Å². The van der Waals surface area contributed by atoms with E-state index in [2.05, 4.69) is 48.6 Å². The van der Waals surface area contributed by atoms with Gasteiger partial charge in [0, 0.05) is 32.7 Å². The predicted octanol–water partition coefficient (Wildman–Crippen LogP) is 4.17. The number of unbranched alkanes of at least 4 members (excludes halogenated alkanes) is 1. The first kappa shape index (κ1) is 34.0. The molecule has 228 valence electrons. The Kier molecular flexibility index (Phi) is 15.2. The Morgan fingerprint density at radius 2 is 1.85 bits per heavy atom. The number of piperidine rings is 1. The van der Waals surface area contributed by atoms with E-state index < -0.39 is 17.7 Å². The second-order valence-corrected chi connectivity index (χ2v) is 10.9. The van der Waals surface area contributed by atoms with Gasteiger partial charge in [-0.3, -0.25) is 15.0 Å². The van der Waals surface area contributed by atoms with Gasteiger partial charge in [0.1, 0.15) is 11.6 Å². The highest BCUT2D eigenvalue weighted by molar-refractivity contribution is 5.96. The number of carbonyl (C=O) groups is 2. The van der Waals surface area contributed by atoms with E-state index in [0.29, 0.717) is 70.5 Å². The molecule has 0 aliphatic carbocycles. The largest absolute Gasteiger partial charge is 0.450 e. The molecule has 0 spiro atoms. The van der Waals surface area contributed by atoms with E-state index in [4.69, 9.17) is 14.5 Å². The van der Waals surface area contributed by atoms with Crippen molar-refractivity contribution in [3.05, 3.63) is 37.0 Å². The Balaban J connectivity index is 2.24. The van der Waals surface area contributed by atoms with E-state index in [0.717, 1.165) is 37.8 Å². The standard InChI is InChI=1S/C31H50N6O4/c1-6-10-12-25(5)13-14-27(33-29(34-30(39)41-9-4)37-19-21-40-22-20-37)28(38)35-31(24-32)15-17-36(18-16-31)23-26(8-3)11-7-2/h7-8,11,25,27H,2-3,6,9-10,12-23H2,1,4-5H3,(H,35,38)(H,33,34,39)/b26-11+. The van der Waals surface area contributed by atoms with Gasteiger partial charge in [-0.05, 0) is 44.1 Å². The molecule has 0 aromatic heterocycles. The molecule has 0 aromatic carbocycles. The molecule has 10 nitrogen and oxygen atoms in total. The highest BCUT2D eigenvalue weighted by atomic mass is 16.5. The summed E-state index contributed by atoms with van der Waals surface area (Å²) in [6.07, 6.45) is 10.6. The molecule has 2 fully saturated rings. The number of amides is 2. The maximum absolute atomic E-state index is 13.8. The first-order valence-corrected chi connectivity index (χ1v) is 15.0. The summed E-state index contributed by atoms with van der Waals surface area (Å²) in [5.41, 5.74) is 0.0872. The molecular formula is C31H50N6O4. The van der Waals surface area contributed by atoms with Gasteiger partial charge in [-0.15, -0.1) is 0 Å². The van der Waals surface area contributed by atoms with Crippen molar-refractivity contribution in [2.45, 2.75) is 77.3 Å². The Morgan fingerprint density at radius 1 is 1.15 bits per heavy atom. The molecule has 41 heavy (non-hydrogen) atoms. The number of guanidine groups is 1. The Labute approximate surface area is 246 Å². The predicted molar refractivity (Wildman–Crippen MR) is 162 cm³/mol. The molecular weight excluding hydrogens is 520 g/mol. The second-order valence-electron chi connectivity index (χ2n) is 10.9. The average molecular weight is 571 g/mol. The number of nitrogens with zero attached hydrogens (tertiary/aromatic N) is 4. The van der Waals surface area contributed by atoms with Crippen LogP contribution < -0.4 is 10.6 Å². The normalized spacial score (nSPS) is 19.4. The highest BCUT2D eigenvalue weighted by Gasteiger charge is 2.38. The molecule has 0 bridgehead atoms. The maximum Gasteiger partial charge on any atom is 0.413 e. The van der Waals surface area contributed by atoms with Gasteiger partial charge < -0.3 is 19.7 Å². The molecule has 2 N–H and O–H groups in total. The van der Waals surface area contributed by atoms with Crippen molar-refractivity contribution in [3.8, 4) is 6.07 Å². The number of carbonyl (C=O) groups excluding carboxylic acids is 2. The molecule has 2 atom stereocenters. The van der Waals surface area contributed by atoms with E-state index in [1.165, 1.54) is 0 Å². The summed E-state index contributed by atoms with van der Waals surface area (Å²) in [7, 11) is 0. The van der Waals surface area contributed by atoms with E-state index in [1.807, 2.05) is 17.1 Å². The van der Waals surface area contributed by atoms with Gasteiger partial charge in [0.2, 0.25) is 11.9 Å². The number of likely N-dealkylation sites (tertiary alicyclic amines) is 1. The number of hydrogen-bond donors (Lipinski definition) is 2. The second kappa shape index (κ2) is 18.3. The number of allylic oxidation sites excluding steroid dienone is 2. The molecule has 0 aromatic rings. The van der Waals surface area contributed by atoms with Crippen LogP contribution >= 0.6 is 0 Å². The van der Waals surface area contributed by atoms with Crippen LogP contribution in [0.3, 0.4) is 0 Å². The number of ether oxygens (including phenoxy) is 2. The van der Waals surface area contributed by atoms with Gasteiger partial charge in [-0.1, -0.05) is 64.5 Å². The summed E-state index contributed by atoms with van der Waals surface area (Å²) in [4.78, 5) is 35.2. The van der Waals surface area contributed by atoms with Crippen LogP contribution in [0.5, 0.6) is 0 Å². The minimum Gasteiger partial charge on any atom is -0.450 e. The number of nitrogens with one attached hydrogen (secondary N) is 2. The quantitative estimate of drug-likeness (QED) is 0.183. The number of aliphatic imine (C=N–C) groups is 1. The number of alkyl carbamates (subject to hydrolysis) is 1. The molecule has 0 saturated carbocycles. The van der Waals surface area contributed by atoms with E-state index in [1.54, 1.807) is 13.0 Å². The maximum atomic E-state index is 13.8. The summed E-state index contributed by atoms with van der Waals surface area (Å²) in [6, 6.07) is 1.64. The van der Waals surface area contributed by atoms with Crippen molar-refractivity contribution in [1.29, 1.82) is 5.26 Å².